The van der Waals surface area contributed by atoms with Crippen molar-refractivity contribution >= 4 is 5.69 Å². The fourth-order valence-corrected chi connectivity index (χ4v) is 1.13. The van der Waals surface area contributed by atoms with Crippen LogP contribution in [0.1, 0.15) is 16.7 Å². The van der Waals surface area contributed by atoms with Crippen LogP contribution in [0, 0.1) is 27.3 Å². The molecular weight excluding hydrogens is 134 g/mol. The lowest BCUT2D eigenvalue weighted by Gasteiger charge is -2.03. The van der Waals surface area contributed by atoms with Gasteiger partial charge in [-0.25, -0.2) is 4.85 Å². The zero-order valence-corrected chi connectivity index (χ0v) is 7.10. The molecule has 0 saturated heterocycles. The second kappa shape index (κ2) is 2.75. The molecule has 0 spiro atoms. The summed E-state index contributed by atoms with van der Waals surface area (Å²) in [6.45, 7) is 12.9. The van der Waals surface area contributed by atoms with Gasteiger partial charge in [-0.15, -0.1) is 0 Å². The maximum Gasteiger partial charge on any atom is 0.190 e. The molecule has 0 fully saturated rings. The molecule has 0 heterocycles. The first-order valence-corrected chi connectivity index (χ1v) is 3.60. The van der Waals surface area contributed by atoms with Crippen molar-refractivity contribution < 1.29 is 0 Å². The summed E-state index contributed by atoms with van der Waals surface area (Å²) in [5.41, 5.74) is 4.25. The summed E-state index contributed by atoms with van der Waals surface area (Å²) in [6, 6.07) is 4.03. The predicted molar refractivity (Wildman–Crippen MR) is 46.9 cm³/mol. The van der Waals surface area contributed by atoms with Crippen molar-refractivity contribution in [2.24, 2.45) is 0 Å². The molecule has 0 amide bonds. The van der Waals surface area contributed by atoms with Crippen LogP contribution in [0.2, 0.25) is 0 Å². The zero-order valence-electron chi connectivity index (χ0n) is 7.10. The Balaban J connectivity index is 3.39. The summed E-state index contributed by atoms with van der Waals surface area (Å²) in [5.74, 6) is 0. The van der Waals surface area contributed by atoms with Gasteiger partial charge in [0.1, 0.15) is 0 Å². The van der Waals surface area contributed by atoms with Gasteiger partial charge in [-0.05, 0) is 26.3 Å². The Labute approximate surface area is 67.5 Å². The van der Waals surface area contributed by atoms with Gasteiger partial charge >= 0.3 is 0 Å². The monoisotopic (exact) mass is 145 g/mol. The summed E-state index contributed by atoms with van der Waals surface area (Å²) in [7, 11) is 0. The van der Waals surface area contributed by atoms with E-state index in [-0.39, 0.29) is 0 Å². The van der Waals surface area contributed by atoms with Crippen molar-refractivity contribution in [2.75, 3.05) is 0 Å². The van der Waals surface area contributed by atoms with Crippen LogP contribution in [-0.4, -0.2) is 0 Å². The zero-order chi connectivity index (χ0) is 8.43. The largest absolute Gasteiger partial charge is 0.238 e. The Morgan fingerprint density at radius 1 is 1.18 bits per heavy atom. The third-order valence-corrected chi connectivity index (χ3v) is 1.90. The van der Waals surface area contributed by atoms with Gasteiger partial charge in [0.25, 0.3) is 0 Å². The number of benzene rings is 1. The minimum absolute atomic E-state index is 0.780. The molecule has 1 heteroatoms. The van der Waals surface area contributed by atoms with Crippen molar-refractivity contribution in [1.82, 2.24) is 0 Å². The lowest BCUT2D eigenvalue weighted by molar-refractivity contribution is 1.31. The molecule has 0 aliphatic rings. The molecule has 0 aromatic heterocycles. The normalized spacial score (nSPS) is 9.27. The maximum absolute atomic E-state index is 6.90. The molecule has 0 unspecified atom stereocenters. The summed E-state index contributed by atoms with van der Waals surface area (Å²) in [6.07, 6.45) is 0. The fraction of sp³-hybridized carbons (Fsp3) is 0.300. The van der Waals surface area contributed by atoms with E-state index in [2.05, 4.69) is 10.9 Å². The van der Waals surface area contributed by atoms with E-state index >= 15 is 0 Å². The molecule has 0 saturated carbocycles. The third-order valence-electron chi connectivity index (χ3n) is 1.90. The Bertz CT molecular complexity index is 318. The summed E-state index contributed by atoms with van der Waals surface area (Å²) in [4.78, 5) is 3.44. The Kier molecular flexibility index (Phi) is 1.96. The highest BCUT2D eigenvalue weighted by molar-refractivity contribution is 5.56. The first-order valence-electron chi connectivity index (χ1n) is 3.60. The minimum atomic E-state index is 0.780. The summed E-state index contributed by atoms with van der Waals surface area (Å²) in [5, 5.41) is 0. The molecule has 0 radical (unpaired) electrons. The molecule has 1 rings (SSSR count). The van der Waals surface area contributed by atoms with Crippen LogP contribution in [-0.2, 0) is 0 Å². The van der Waals surface area contributed by atoms with E-state index in [1.807, 2.05) is 26.8 Å². The average Bonchev–Trinajstić information content (AvgIpc) is 1.96. The lowest BCUT2D eigenvalue weighted by Crippen LogP contribution is -1.82. The first-order chi connectivity index (χ1) is 5.15. The van der Waals surface area contributed by atoms with Crippen LogP contribution >= 0.6 is 0 Å². The average molecular weight is 145 g/mol. The molecule has 11 heavy (non-hydrogen) atoms. The van der Waals surface area contributed by atoms with Crippen LogP contribution in [0.5, 0.6) is 0 Å². The van der Waals surface area contributed by atoms with Crippen molar-refractivity contribution in [3.8, 4) is 0 Å². The second-order valence-corrected chi connectivity index (χ2v) is 2.84. The van der Waals surface area contributed by atoms with E-state index < -0.39 is 0 Å². The smallest absolute Gasteiger partial charge is 0.190 e. The van der Waals surface area contributed by atoms with Crippen molar-refractivity contribution in [3.05, 3.63) is 40.2 Å². The molecule has 0 aliphatic carbocycles. The highest BCUT2D eigenvalue weighted by atomic mass is 14.6. The van der Waals surface area contributed by atoms with E-state index in [4.69, 9.17) is 6.57 Å². The second-order valence-electron chi connectivity index (χ2n) is 2.84. The van der Waals surface area contributed by atoms with Gasteiger partial charge in [-0.2, -0.15) is 0 Å². The molecular formula is C10H11N. The van der Waals surface area contributed by atoms with Crippen LogP contribution in [0.3, 0.4) is 0 Å². The van der Waals surface area contributed by atoms with Crippen molar-refractivity contribution in [2.45, 2.75) is 20.8 Å². The van der Waals surface area contributed by atoms with Gasteiger partial charge in [0.05, 0.1) is 6.57 Å². The van der Waals surface area contributed by atoms with Crippen LogP contribution < -0.4 is 0 Å². The number of hydrogen-bond donors (Lipinski definition) is 0. The van der Waals surface area contributed by atoms with Gasteiger partial charge in [-0.3, -0.25) is 0 Å². The van der Waals surface area contributed by atoms with Gasteiger partial charge in [0.15, 0.2) is 5.69 Å². The van der Waals surface area contributed by atoms with Gasteiger partial charge < -0.3 is 0 Å². The number of rotatable bonds is 0. The van der Waals surface area contributed by atoms with Crippen molar-refractivity contribution in [1.29, 1.82) is 0 Å². The van der Waals surface area contributed by atoms with E-state index in [9.17, 15) is 0 Å². The number of aryl methyl sites for hydroxylation is 2. The van der Waals surface area contributed by atoms with Gasteiger partial charge in [0, 0.05) is 0 Å². The van der Waals surface area contributed by atoms with E-state index in [1.165, 1.54) is 11.1 Å². The Morgan fingerprint density at radius 3 is 2.36 bits per heavy atom. The SMILES string of the molecule is [C-]#[N+]c1cc(C)cc(C)c1C. The topological polar surface area (TPSA) is 4.36 Å². The van der Waals surface area contributed by atoms with Crippen LogP contribution in [0.4, 0.5) is 5.69 Å². The highest BCUT2D eigenvalue weighted by Gasteiger charge is 2.00. The Hall–Kier alpha value is -1.29. The standard InChI is InChI=1S/C10H11N/c1-7-5-8(2)9(3)10(6-7)11-4/h5-6H,1-3H3. The van der Waals surface area contributed by atoms with Crippen LogP contribution in [0.25, 0.3) is 4.85 Å². The van der Waals surface area contributed by atoms with Gasteiger partial charge in [0.2, 0.25) is 0 Å². The number of nitrogens with zero attached hydrogens (tertiary/aromatic N) is 1. The van der Waals surface area contributed by atoms with Crippen LogP contribution in [0.15, 0.2) is 12.1 Å². The van der Waals surface area contributed by atoms with Crippen molar-refractivity contribution in [3.63, 3.8) is 0 Å². The van der Waals surface area contributed by atoms with E-state index in [0.717, 1.165) is 11.3 Å². The summed E-state index contributed by atoms with van der Waals surface area (Å²) < 4.78 is 0. The highest BCUT2D eigenvalue weighted by Crippen LogP contribution is 2.23. The molecule has 1 aromatic rings. The van der Waals surface area contributed by atoms with E-state index in [1.54, 1.807) is 0 Å². The minimum Gasteiger partial charge on any atom is -0.238 e. The first kappa shape index (κ1) is 7.81. The lowest BCUT2D eigenvalue weighted by atomic mass is 10.1. The summed E-state index contributed by atoms with van der Waals surface area (Å²) >= 11 is 0. The third kappa shape index (κ3) is 1.40. The molecule has 0 bridgehead atoms. The predicted octanol–water partition coefficient (Wildman–Crippen LogP) is 3.16. The molecule has 0 N–H and O–H groups in total. The number of hydrogen-bond acceptors (Lipinski definition) is 0. The fourth-order valence-electron chi connectivity index (χ4n) is 1.13. The molecule has 1 nitrogen and oxygen atoms in total. The Morgan fingerprint density at radius 2 is 1.82 bits per heavy atom. The van der Waals surface area contributed by atoms with Gasteiger partial charge in [-0.1, -0.05) is 23.3 Å². The molecule has 0 aliphatic heterocycles. The van der Waals surface area contributed by atoms with E-state index in [0.29, 0.717) is 0 Å². The maximum atomic E-state index is 6.90. The molecule has 56 valence electrons. The molecule has 1 aromatic carbocycles. The quantitative estimate of drug-likeness (QED) is 0.494. The molecule has 0 atom stereocenters.